The minimum Gasteiger partial charge on any atom is -0.338 e. The van der Waals surface area contributed by atoms with Crippen LogP contribution in [-0.4, -0.2) is 38.1 Å². The first-order chi connectivity index (χ1) is 11.1. The second kappa shape index (κ2) is 8.64. The fourth-order valence-corrected chi connectivity index (χ4v) is 3.20. The summed E-state index contributed by atoms with van der Waals surface area (Å²) in [6, 6.07) is 10.6. The molecule has 2 amide bonds. The molecule has 2 rings (SSSR count). The summed E-state index contributed by atoms with van der Waals surface area (Å²) in [5.41, 5.74) is 0.609. The van der Waals surface area contributed by atoms with Crippen molar-refractivity contribution in [1.29, 1.82) is 0 Å². The Kier molecular flexibility index (Phi) is 6.55. The van der Waals surface area contributed by atoms with Gasteiger partial charge in [-0.05, 0) is 43.6 Å². The van der Waals surface area contributed by atoms with E-state index in [1.807, 2.05) is 25.5 Å². The molecule has 0 spiro atoms. The first-order valence-electron chi connectivity index (χ1n) is 7.53. The molecular weight excluding hydrogens is 313 g/mol. The van der Waals surface area contributed by atoms with E-state index in [1.54, 1.807) is 29.5 Å². The third-order valence-electron chi connectivity index (χ3n) is 3.59. The zero-order chi connectivity index (χ0) is 16.7. The van der Waals surface area contributed by atoms with Crippen LogP contribution in [0.15, 0.2) is 41.8 Å². The molecule has 0 bridgehead atoms. The Hall–Kier alpha value is -1.92. The Bertz CT molecular complexity index is 616. The highest BCUT2D eigenvalue weighted by Crippen LogP contribution is 2.22. The molecule has 0 aliphatic carbocycles. The molecule has 1 atom stereocenters. The van der Waals surface area contributed by atoms with Crippen LogP contribution in [0.5, 0.6) is 0 Å². The summed E-state index contributed by atoms with van der Waals surface area (Å²) < 4.78 is 13.5. The number of carbonyl (C=O) groups is 1. The van der Waals surface area contributed by atoms with Crippen LogP contribution in [-0.2, 0) is 6.42 Å². The van der Waals surface area contributed by atoms with Crippen LogP contribution >= 0.6 is 11.3 Å². The van der Waals surface area contributed by atoms with Crippen LogP contribution in [0.2, 0.25) is 0 Å². The summed E-state index contributed by atoms with van der Waals surface area (Å²) in [6.45, 7) is 0.928. The number of amides is 2. The van der Waals surface area contributed by atoms with E-state index in [0.29, 0.717) is 25.1 Å². The molecular formula is C17H22FN3OS. The summed E-state index contributed by atoms with van der Waals surface area (Å²) >= 11 is 1.67. The zero-order valence-electron chi connectivity index (χ0n) is 13.4. The van der Waals surface area contributed by atoms with E-state index in [2.05, 4.69) is 21.6 Å². The maximum atomic E-state index is 13.5. The number of nitrogens with one attached hydrogen (secondary N) is 2. The van der Waals surface area contributed by atoms with Gasteiger partial charge in [-0.25, -0.2) is 9.18 Å². The molecule has 0 fully saturated rings. The van der Waals surface area contributed by atoms with Gasteiger partial charge in [-0.1, -0.05) is 24.3 Å². The van der Waals surface area contributed by atoms with Crippen LogP contribution in [0.3, 0.4) is 0 Å². The van der Waals surface area contributed by atoms with E-state index in [0.717, 1.165) is 0 Å². The number of rotatable bonds is 7. The fourth-order valence-electron chi connectivity index (χ4n) is 2.28. The van der Waals surface area contributed by atoms with Gasteiger partial charge in [-0.3, -0.25) is 0 Å². The summed E-state index contributed by atoms with van der Waals surface area (Å²) in [7, 11) is 3.98. The minimum atomic E-state index is -0.236. The van der Waals surface area contributed by atoms with Gasteiger partial charge in [0.25, 0.3) is 0 Å². The summed E-state index contributed by atoms with van der Waals surface area (Å²) in [6.07, 6.45) is 0.474. The molecule has 124 valence electrons. The largest absolute Gasteiger partial charge is 0.338 e. The second-order valence-electron chi connectivity index (χ2n) is 5.47. The van der Waals surface area contributed by atoms with Gasteiger partial charge in [-0.15, -0.1) is 11.3 Å². The van der Waals surface area contributed by atoms with Crippen molar-refractivity contribution >= 4 is 17.4 Å². The van der Waals surface area contributed by atoms with Gasteiger partial charge in [0.2, 0.25) is 0 Å². The molecule has 6 heteroatoms. The standard InChI is InChI=1S/C17H22FN3OS/c1-21(2)15(16-8-5-11-23-16)12-20-17(22)19-10-9-13-6-3-4-7-14(13)18/h3-8,11,15H,9-10,12H2,1-2H3,(H2,19,20,22). The Morgan fingerprint density at radius 2 is 2.00 bits per heavy atom. The van der Waals surface area contributed by atoms with Crippen molar-refractivity contribution < 1.29 is 9.18 Å². The molecule has 0 saturated heterocycles. The molecule has 1 heterocycles. The summed E-state index contributed by atoms with van der Waals surface area (Å²) in [5.74, 6) is -0.236. The van der Waals surface area contributed by atoms with Crippen molar-refractivity contribution in [1.82, 2.24) is 15.5 Å². The maximum absolute atomic E-state index is 13.5. The number of hydrogen-bond donors (Lipinski definition) is 2. The van der Waals surface area contributed by atoms with E-state index in [-0.39, 0.29) is 17.9 Å². The van der Waals surface area contributed by atoms with Gasteiger partial charge in [-0.2, -0.15) is 0 Å². The molecule has 1 unspecified atom stereocenters. The fraction of sp³-hybridized carbons (Fsp3) is 0.353. The van der Waals surface area contributed by atoms with E-state index in [4.69, 9.17) is 0 Å². The van der Waals surface area contributed by atoms with Crippen LogP contribution < -0.4 is 10.6 Å². The summed E-state index contributed by atoms with van der Waals surface area (Å²) in [5, 5.41) is 7.67. The highest BCUT2D eigenvalue weighted by molar-refractivity contribution is 7.10. The Balaban J connectivity index is 1.75. The van der Waals surface area contributed by atoms with Crippen LogP contribution in [0, 0.1) is 5.82 Å². The topological polar surface area (TPSA) is 44.4 Å². The number of benzene rings is 1. The highest BCUT2D eigenvalue weighted by atomic mass is 32.1. The molecule has 1 aromatic heterocycles. The Labute approximate surface area is 140 Å². The number of nitrogens with zero attached hydrogens (tertiary/aromatic N) is 1. The predicted molar refractivity (Wildman–Crippen MR) is 92.3 cm³/mol. The van der Waals surface area contributed by atoms with E-state index in [1.165, 1.54) is 10.9 Å². The number of thiophene rings is 1. The number of likely N-dealkylation sites (N-methyl/N-ethyl adjacent to an activating group) is 1. The number of carbonyl (C=O) groups excluding carboxylic acids is 1. The lowest BCUT2D eigenvalue weighted by molar-refractivity contribution is 0.233. The average Bonchev–Trinajstić information content (AvgIpc) is 3.03. The van der Waals surface area contributed by atoms with Crippen molar-refractivity contribution in [2.24, 2.45) is 0 Å². The predicted octanol–water partition coefficient (Wildman–Crippen LogP) is 3.03. The van der Waals surface area contributed by atoms with Gasteiger partial charge in [0, 0.05) is 18.0 Å². The van der Waals surface area contributed by atoms with Crippen LogP contribution in [0.1, 0.15) is 16.5 Å². The van der Waals surface area contributed by atoms with Crippen molar-refractivity contribution in [2.75, 3.05) is 27.2 Å². The molecule has 0 saturated carbocycles. The second-order valence-corrected chi connectivity index (χ2v) is 6.45. The molecule has 23 heavy (non-hydrogen) atoms. The average molecular weight is 335 g/mol. The van der Waals surface area contributed by atoms with Crippen molar-refractivity contribution in [3.63, 3.8) is 0 Å². The molecule has 1 aromatic carbocycles. The van der Waals surface area contributed by atoms with Gasteiger partial charge < -0.3 is 15.5 Å². The molecule has 2 N–H and O–H groups in total. The van der Waals surface area contributed by atoms with E-state index < -0.39 is 0 Å². The third-order valence-corrected chi connectivity index (χ3v) is 4.56. The summed E-state index contributed by atoms with van der Waals surface area (Å²) in [4.78, 5) is 15.2. The van der Waals surface area contributed by atoms with Crippen LogP contribution in [0.25, 0.3) is 0 Å². The highest BCUT2D eigenvalue weighted by Gasteiger charge is 2.15. The minimum absolute atomic E-state index is 0.146. The maximum Gasteiger partial charge on any atom is 0.314 e. The molecule has 4 nitrogen and oxygen atoms in total. The smallest absolute Gasteiger partial charge is 0.314 e. The van der Waals surface area contributed by atoms with Gasteiger partial charge >= 0.3 is 6.03 Å². The molecule has 0 aliphatic heterocycles. The lowest BCUT2D eigenvalue weighted by Crippen LogP contribution is -2.41. The first-order valence-corrected chi connectivity index (χ1v) is 8.41. The molecule has 2 aromatic rings. The van der Waals surface area contributed by atoms with Gasteiger partial charge in [0.1, 0.15) is 5.82 Å². The quantitative estimate of drug-likeness (QED) is 0.817. The molecule has 0 radical (unpaired) electrons. The number of hydrogen-bond acceptors (Lipinski definition) is 3. The van der Waals surface area contributed by atoms with E-state index >= 15 is 0 Å². The number of halogens is 1. The van der Waals surface area contributed by atoms with Gasteiger partial charge in [0.05, 0.1) is 6.04 Å². The van der Waals surface area contributed by atoms with Crippen molar-refractivity contribution in [3.05, 3.63) is 58.0 Å². The van der Waals surface area contributed by atoms with E-state index in [9.17, 15) is 9.18 Å². The SMILES string of the molecule is CN(C)C(CNC(=O)NCCc1ccccc1F)c1cccs1. The van der Waals surface area contributed by atoms with Gasteiger partial charge in [0.15, 0.2) is 0 Å². The van der Waals surface area contributed by atoms with Crippen molar-refractivity contribution in [2.45, 2.75) is 12.5 Å². The zero-order valence-corrected chi connectivity index (χ0v) is 14.2. The Morgan fingerprint density at radius 3 is 2.65 bits per heavy atom. The monoisotopic (exact) mass is 335 g/mol. The van der Waals surface area contributed by atoms with Crippen molar-refractivity contribution in [3.8, 4) is 0 Å². The number of urea groups is 1. The molecule has 0 aliphatic rings. The van der Waals surface area contributed by atoms with Crippen LogP contribution in [0.4, 0.5) is 9.18 Å². The first kappa shape index (κ1) is 17.4. The third kappa shape index (κ3) is 5.33. The normalized spacial score (nSPS) is 12.2. The lowest BCUT2D eigenvalue weighted by Gasteiger charge is -2.23. The Morgan fingerprint density at radius 1 is 1.22 bits per heavy atom. The lowest BCUT2D eigenvalue weighted by atomic mass is 10.1.